The fraction of sp³-hybridized carbons (Fsp3) is 0.387. The molecule has 1 aromatic heterocycles. The SMILES string of the molecule is CCCOC(=O)c1ccc(CONC(=O)[C@@H]2c3ccccc3C(=O)N([C@H]3CCCC[C@@H]3O)[C@H]2c2ccc(Cl)cc2Cl)s1. The number of nitrogens with zero attached hydrogens (tertiary/aromatic N) is 1. The summed E-state index contributed by atoms with van der Waals surface area (Å²) in [6, 6.07) is 14.1. The van der Waals surface area contributed by atoms with Crippen molar-refractivity contribution in [2.45, 2.75) is 69.7 Å². The van der Waals surface area contributed by atoms with Gasteiger partial charge in [-0.05, 0) is 60.7 Å². The molecule has 0 spiro atoms. The maximum atomic E-state index is 14.1. The third-order valence-electron chi connectivity index (χ3n) is 7.68. The van der Waals surface area contributed by atoms with Crippen LogP contribution < -0.4 is 5.48 Å². The fourth-order valence-corrected chi connectivity index (χ4v) is 7.10. The quantitative estimate of drug-likeness (QED) is 0.208. The Labute approximate surface area is 258 Å². The Morgan fingerprint density at radius 3 is 2.62 bits per heavy atom. The number of fused-ring (bicyclic) bond motifs is 1. The van der Waals surface area contributed by atoms with E-state index < -0.39 is 36.0 Å². The van der Waals surface area contributed by atoms with Crippen LogP contribution in [0.15, 0.2) is 54.6 Å². The summed E-state index contributed by atoms with van der Waals surface area (Å²) in [6.45, 7) is 2.30. The maximum absolute atomic E-state index is 14.1. The van der Waals surface area contributed by atoms with Gasteiger partial charge in [-0.15, -0.1) is 11.3 Å². The molecule has 2 aliphatic rings. The van der Waals surface area contributed by atoms with E-state index in [1.807, 2.05) is 6.92 Å². The second kappa shape index (κ2) is 13.6. The first-order valence-electron chi connectivity index (χ1n) is 14.0. The van der Waals surface area contributed by atoms with Gasteiger partial charge < -0.3 is 14.7 Å². The Hall–Kier alpha value is -2.95. The molecule has 1 saturated carbocycles. The zero-order valence-corrected chi connectivity index (χ0v) is 25.4. The highest BCUT2D eigenvalue weighted by atomic mass is 35.5. The van der Waals surface area contributed by atoms with E-state index in [1.165, 1.54) is 11.3 Å². The molecule has 2 heterocycles. The number of aliphatic hydroxyl groups is 1. The van der Waals surface area contributed by atoms with E-state index in [-0.39, 0.29) is 12.5 Å². The maximum Gasteiger partial charge on any atom is 0.348 e. The lowest BCUT2D eigenvalue weighted by atomic mass is 9.77. The van der Waals surface area contributed by atoms with Gasteiger partial charge in [0.1, 0.15) is 11.5 Å². The van der Waals surface area contributed by atoms with Crippen molar-refractivity contribution in [2.75, 3.05) is 6.61 Å². The standard InChI is InChI=1S/C31H32Cl2N2O6S/c1-2-15-40-31(39)26-14-12-19(42-26)17-41-34-29(37)27-20-7-3-4-8-21(20)30(38)35(24-9-5-6-10-25(24)36)28(27)22-13-11-18(32)16-23(22)33/h3-4,7-8,11-14,16,24-25,27-28,36H,2,5-6,9-10,15,17H2,1H3,(H,34,37)/t24-,25-,27+,28-/m0/s1. The molecule has 222 valence electrons. The Balaban J connectivity index is 1.46. The van der Waals surface area contributed by atoms with E-state index in [2.05, 4.69) is 5.48 Å². The molecule has 4 atom stereocenters. The van der Waals surface area contributed by atoms with Crippen molar-refractivity contribution in [1.29, 1.82) is 0 Å². The van der Waals surface area contributed by atoms with E-state index in [0.29, 0.717) is 51.1 Å². The summed E-state index contributed by atoms with van der Waals surface area (Å²) in [5.74, 6) is -2.03. The van der Waals surface area contributed by atoms with Crippen LogP contribution in [-0.4, -0.2) is 46.5 Å². The lowest BCUT2D eigenvalue weighted by Crippen LogP contribution is -2.55. The van der Waals surface area contributed by atoms with Gasteiger partial charge in [-0.3, -0.25) is 14.4 Å². The summed E-state index contributed by atoms with van der Waals surface area (Å²) < 4.78 is 5.18. The number of carbonyl (C=O) groups is 3. The molecule has 3 aromatic rings. The van der Waals surface area contributed by atoms with Gasteiger partial charge in [-0.1, -0.05) is 67.2 Å². The summed E-state index contributed by atoms with van der Waals surface area (Å²) in [7, 11) is 0. The average molecular weight is 632 g/mol. The van der Waals surface area contributed by atoms with Gasteiger partial charge in [0.15, 0.2) is 0 Å². The molecule has 5 rings (SSSR count). The van der Waals surface area contributed by atoms with Gasteiger partial charge in [0.2, 0.25) is 0 Å². The molecule has 42 heavy (non-hydrogen) atoms. The van der Waals surface area contributed by atoms with E-state index in [4.69, 9.17) is 32.8 Å². The van der Waals surface area contributed by atoms with Crippen LogP contribution in [0.3, 0.4) is 0 Å². The second-order valence-corrected chi connectivity index (χ2v) is 12.5. The normalized spacial score (nSPS) is 22.0. The van der Waals surface area contributed by atoms with Crippen LogP contribution in [-0.2, 0) is 21.0 Å². The molecule has 1 aliphatic carbocycles. The number of carbonyl (C=O) groups excluding carboxylic acids is 3. The Bertz CT molecular complexity index is 1460. The highest BCUT2D eigenvalue weighted by Gasteiger charge is 2.49. The highest BCUT2D eigenvalue weighted by Crippen LogP contribution is 2.47. The van der Waals surface area contributed by atoms with Gasteiger partial charge in [0.25, 0.3) is 11.8 Å². The minimum absolute atomic E-state index is 0.0299. The summed E-state index contributed by atoms with van der Waals surface area (Å²) >= 11 is 14.1. The minimum Gasteiger partial charge on any atom is -0.462 e. The topological polar surface area (TPSA) is 105 Å². The van der Waals surface area contributed by atoms with Crippen molar-refractivity contribution < 1.29 is 29.1 Å². The number of hydroxylamine groups is 1. The molecule has 2 aromatic carbocycles. The fourth-order valence-electron chi connectivity index (χ4n) is 5.76. The molecular formula is C31H32Cl2N2O6S. The molecular weight excluding hydrogens is 599 g/mol. The van der Waals surface area contributed by atoms with Crippen molar-refractivity contribution >= 4 is 52.3 Å². The first-order valence-corrected chi connectivity index (χ1v) is 15.6. The van der Waals surface area contributed by atoms with Crippen LogP contribution in [0.4, 0.5) is 0 Å². The molecule has 2 amide bonds. The first-order chi connectivity index (χ1) is 20.3. The van der Waals surface area contributed by atoms with Gasteiger partial charge in [0, 0.05) is 20.5 Å². The highest BCUT2D eigenvalue weighted by molar-refractivity contribution is 7.13. The van der Waals surface area contributed by atoms with E-state index >= 15 is 0 Å². The number of ether oxygens (including phenoxy) is 1. The van der Waals surface area contributed by atoms with Gasteiger partial charge in [0.05, 0.1) is 30.7 Å². The average Bonchev–Trinajstić information content (AvgIpc) is 3.45. The lowest BCUT2D eigenvalue weighted by molar-refractivity contribution is -0.138. The third-order valence-corrected chi connectivity index (χ3v) is 9.28. The monoisotopic (exact) mass is 630 g/mol. The zero-order valence-electron chi connectivity index (χ0n) is 23.1. The number of hydrogen-bond acceptors (Lipinski definition) is 7. The van der Waals surface area contributed by atoms with E-state index in [1.54, 1.807) is 59.5 Å². The van der Waals surface area contributed by atoms with Gasteiger partial charge in [-0.2, -0.15) is 0 Å². The molecule has 0 radical (unpaired) electrons. The number of thiophene rings is 1. The van der Waals surface area contributed by atoms with Gasteiger partial charge in [-0.25, -0.2) is 10.3 Å². The van der Waals surface area contributed by atoms with Gasteiger partial charge >= 0.3 is 5.97 Å². The van der Waals surface area contributed by atoms with E-state index in [0.717, 1.165) is 24.1 Å². The zero-order chi connectivity index (χ0) is 29.8. The summed E-state index contributed by atoms with van der Waals surface area (Å²) in [6.07, 6.45) is 2.87. The number of nitrogens with one attached hydrogen (secondary N) is 1. The number of aliphatic hydroxyl groups excluding tert-OH is 1. The van der Waals surface area contributed by atoms with Crippen LogP contribution in [0.25, 0.3) is 0 Å². The first kappa shape index (κ1) is 30.5. The molecule has 1 aliphatic heterocycles. The third kappa shape index (κ3) is 6.35. The molecule has 2 N–H and O–H groups in total. The van der Waals surface area contributed by atoms with Crippen molar-refractivity contribution in [3.8, 4) is 0 Å². The number of hydrogen-bond donors (Lipinski definition) is 2. The number of halogens is 2. The number of rotatable bonds is 9. The molecule has 11 heteroatoms. The molecule has 8 nitrogen and oxygen atoms in total. The predicted octanol–water partition coefficient (Wildman–Crippen LogP) is 6.45. The van der Waals surface area contributed by atoms with Crippen LogP contribution >= 0.6 is 34.5 Å². The predicted molar refractivity (Wildman–Crippen MR) is 161 cm³/mol. The number of amides is 2. The number of benzene rings is 2. The second-order valence-electron chi connectivity index (χ2n) is 10.5. The summed E-state index contributed by atoms with van der Waals surface area (Å²) in [5.41, 5.74) is 4.06. The Kier molecular flexibility index (Phi) is 9.85. The van der Waals surface area contributed by atoms with Crippen LogP contribution in [0.2, 0.25) is 10.0 Å². The van der Waals surface area contributed by atoms with Crippen molar-refractivity contribution in [2.24, 2.45) is 0 Å². The van der Waals surface area contributed by atoms with Crippen LogP contribution in [0, 0.1) is 0 Å². The number of esters is 1. The molecule has 0 bridgehead atoms. The largest absolute Gasteiger partial charge is 0.462 e. The van der Waals surface area contributed by atoms with Crippen molar-refractivity contribution in [3.63, 3.8) is 0 Å². The smallest absolute Gasteiger partial charge is 0.348 e. The minimum atomic E-state index is -0.894. The van der Waals surface area contributed by atoms with Crippen molar-refractivity contribution in [3.05, 3.63) is 91.1 Å². The molecule has 0 saturated heterocycles. The van der Waals surface area contributed by atoms with Crippen LogP contribution in [0.1, 0.15) is 87.0 Å². The van der Waals surface area contributed by atoms with E-state index in [9.17, 15) is 19.5 Å². The molecule has 0 unspecified atom stereocenters. The van der Waals surface area contributed by atoms with Crippen molar-refractivity contribution in [1.82, 2.24) is 10.4 Å². The molecule has 1 fully saturated rings. The Morgan fingerprint density at radius 1 is 1.07 bits per heavy atom. The Morgan fingerprint density at radius 2 is 1.86 bits per heavy atom. The van der Waals surface area contributed by atoms with Crippen LogP contribution in [0.5, 0.6) is 0 Å². The lowest BCUT2D eigenvalue weighted by Gasteiger charge is -2.48. The summed E-state index contributed by atoms with van der Waals surface area (Å²) in [4.78, 5) is 48.7. The summed E-state index contributed by atoms with van der Waals surface area (Å²) in [5, 5.41) is 11.8.